The Bertz CT molecular complexity index is 1020. The molecule has 0 radical (unpaired) electrons. The lowest BCUT2D eigenvalue weighted by Crippen LogP contribution is -2.33. The maximum absolute atomic E-state index is 12.9. The van der Waals surface area contributed by atoms with Gasteiger partial charge in [-0.3, -0.25) is 9.59 Å². The number of ether oxygens (including phenoxy) is 1. The highest BCUT2D eigenvalue weighted by atomic mass is 35.5. The summed E-state index contributed by atoms with van der Waals surface area (Å²) in [6, 6.07) is 11.6. The summed E-state index contributed by atoms with van der Waals surface area (Å²) < 4.78 is 31.4. The number of rotatable bonds is 8. The van der Waals surface area contributed by atoms with Gasteiger partial charge in [-0.25, -0.2) is 8.42 Å². The van der Waals surface area contributed by atoms with Crippen molar-refractivity contribution in [3.63, 3.8) is 0 Å². The minimum absolute atomic E-state index is 0.00797. The van der Waals surface area contributed by atoms with Gasteiger partial charge in [0.05, 0.1) is 24.5 Å². The molecule has 0 aliphatic carbocycles. The molecule has 2 aromatic carbocycles. The van der Waals surface area contributed by atoms with Gasteiger partial charge in [-0.2, -0.15) is 4.31 Å². The number of methoxy groups -OCH3 is 1. The quantitative estimate of drug-likeness (QED) is 0.619. The Morgan fingerprint density at radius 1 is 1.13 bits per heavy atom. The van der Waals surface area contributed by atoms with E-state index in [1.807, 2.05) is 0 Å². The van der Waals surface area contributed by atoms with Crippen LogP contribution in [0.2, 0.25) is 5.02 Å². The molecule has 0 bridgehead atoms. The van der Waals surface area contributed by atoms with E-state index in [2.05, 4.69) is 5.32 Å². The van der Waals surface area contributed by atoms with Gasteiger partial charge in [0.25, 0.3) is 5.91 Å². The highest BCUT2D eigenvalue weighted by Gasteiger charge is 2.25. The van der Waals surface area contributed by atoms with E-state index < -0.39 is 27.9 Å². The predicted molar refractivity (Wildman–Crippen MR) is 115 cm³/mol. The number of carbonyl (C=O) groups is 2. The molecular weight excluding hydrogens is 428 g/mol. The average Bonchev–Trinajstić information content (AvgIpc) is 2.72. The van der Waals surface area contributed by atoms with E-state index in [-0.39, 0.29) is 22.9 Å². The highest BCUT2D eigenvalue weighted by molar-refractivity contribution is 7.89. The largest absolute Gasteiger partial charge is 0.469 e. The van der Waals surface area contributed by atoms with Crippen molar-refractivity contribution in [2.75, 3.05) is 14.2 Å². The lowest BCUT2D eigenvalue weighted by molar-refractivity contribution is -0.141. The molecular formula is C21H25ClN2O5S. The van der Waals surface area contributed by atoms with Crippen molar-refractivity contribution < 1.29 is 22.7 Å². The van der Waals surface area contributed by atoms with Crippen LogP contribution in [0.25, 0.3) is 0 Å². The van der Waals surface area contributed by atoms with Crippen LogP contribution >= 0.6 is 11.6 Å². The molecule has 0 saturated heterocycles. The van der Waals surface area contributed by atoms with Gasteiger partial charge in [0.2, 0.25) is 10.0 Å². The average molecular weight is 453 g/mol. The molecule has 0 aliphatic heterocycles. The standard InChI is InChI=1S/C21H25ClN2O5S/c1-14(2)24(3)30(27,28)16-9-7-8-15(12-16)21(26)23-19(13-20(25)29-4)17-10-5-6-11-18(17)22/h5-12,14,19H,13H2,1-4H3,(H,23,26). The van der Waals surface area contributed by atoms with Gasteiger partial charge in [-0.05, 0) is 43.7 Å². The highest BCUT2D eigenvalue weighted by Crippen LogP contribution is 2.26. The first kappa shape index (κ1) is 23.9. The van der Waals surface area contributed by atoms with Crippen LogP contribution in [-0.4, -0.2) is 44.8 Å². The molecule has 30 heavy (non-hydrogen) atoms. The Hall–Kier alpha value is -2.42. The van der Waals surface area contributed by atoms with Gasteiger partial charge in [0, 0.05) is 23.7 Å². The second kappa shape index (κ2) is 10.1. The Morgan fingerprint density at radius 2 is 1.80 bits per heavy atom. The van der Waals surface area contributed by atoms with Crippen LogP contribution in [0.5, 0.6) is 0 Å². The van der Waals surface area contributed by atoms with Crippen LogP contribution in [0.15, 0.2) is 53.4 Å². The van der Waals surface area contributed by atoms with Crippen molar-refractivity contribution in [3.8, 4) is 0 Å². The van der Waals surface area contributed by atoms with Gasteiger partial charge >= 0.3 is 5.97 Å². The Labute approximate surface area is 182 Å². The molecule has 0 aromatic heterocycles. The molecule has 1 N–H and O–H groups in total. The number of esters is 1. The number of halogens is 1. The molecule has 0 fully saturated rings. The number of hydrogen-bond acceptors (Lipinski definition) is 5. The first-order valence-electron chi connectivity index (χ1n) is 9.28. The van der Waals surface area contributed by atoms with Crippen LogP contribution in [0.4, 0.5) is 0 Å². The zero-order chi connectivity index (χ0) is 22.5. The van der Waals surface area contributed by atoms with Crippen LogP contribution in [0, 0.1) is 0 Å². The summed E-state index contributed by atoms with van der Waals surface area (Å²) in [5.74, 6) is -1.05. The number of nitrogens with one attached hydrogen (secondary N) is 1. The molecule has 1 atom stereocenters. The monoisotopic (exact) mass is 452 g/mol. The molecule has 0 aliphatic rings. The third kappa shape index (κ3) is 5.59. The summed E-state index contributed by atoms with van der Waals surface area (Å²) in [6.45, 7) is 3.52. The van der Waals surface area contributed by atoms with Gasteiger partial charge in [-0.15, -0.1) is 0 Å². The van der Waals surface area contributed by atoms with E-state index in [9.17, 15) is 18.0 Å². The van der Waals surface area contributed by atoms with Crippen molar-refractivity contribution >= 4 is 33.5 Å². The molecule has 0 spiro atoms. The second-order valence-electron chi connectivity index (χ2n) is 6.97. The van der Waals surface area contributed by atoms with Gasteiger partial charge in [0.1, 0.15) is 0 Å². The van der Waals surface area contributed by atoms with Crippen LogP contribution in [0.1, 0.15) is 42.2 Å². The number of carbonyl (C=O) groups excluding carboxylic acids is 2. The minimum Gasteiger partial charge on any atom is -0.469 e. The number of amides is 1. The third-order valence-corrected chi connectivity index (χ3v) is 7.06. The summed E-state index contributed by atoms with van der Waals surface area (Å²) in [4.78, 5) is 24.7. The molecule has 0 saturated carbocycles. The maximum Gasteiger partial charge on any atom is 0.307 e. The van der Waals surface area contributed by atoms with Crippen molar-refractivity contribution in [1.29, 1.82) is 0 Å². The fraction of sp³-hybridized carbons (Fsp3) is 0.333. The zero-order valence-electron chi connectivity index (χ0n) is 17.3. The molecule has 9 heteroatoms. The number of sulfonamides is 1. The number of benzene rings is 2. The normalized spacial score (nSPS) is 12.6. The lowest BCUT2D eigenvalue weighted by atomic mass is 10.0. The molecule has 2 rings (SSSR count). The Kier molecular flexibility index (Phi) is 8.00. The zero-order valence-corrected chi connectivity index (χ0v) is 18.8. The maximum atomic E-state index is 12.9. The minimum atomic E-state index is -3.75. The molecule has 1 unspecified atom stereocenters. The van der Waals surface area contributed by atoms with Crippen LogP contribution in [0.3, 0.4) is 0 Å². The number of nitrogens with zero attached hydrogens (tertiary/aromatic N) is 1. The van der Waals surface area contributed by atoms with Gasteiger partial charge < -0.3 is 10.1 Å². The third-order valence-electron chi connectivity index (χ3n) is 4.68. The van der Waals surface area contributed by atoms with E-state index >= 15 is 0 Å². The second-order valence-corrected chi connectivity index (χ2v) is 9.38. The summed E-state index contributed by atoms with van der Waals surface area (Å²) in [7, 11) is -1.01. The van der Waals surface area contributed by atoms with E-state index in [0.29, 0.717) is 10.6 Å². The van der Waals surface area contributed by atoms with Crippen LogP contribution in [-0.2, 0) is 19.6 Å². The smallest absolute Gasteiger partial charge is 0.307 e. The summed E-state index contributed by atoms with van der Waals surface area (Å²) in [6.07, 6.45) is -0.125. The van der Waals surface area contributed by atoms with Gasteiger partial charge in [-0.1, -0.05) is 35.9 Å². The van der Waals surface area contributed by atoms with Crippen molar-refractivity contribution in [3.05, 3.63) is 64.7 Å². The van der Waals surface area contributed by atoms with Crippen molar-refractivity contribution in [2.24, 2.45) is 0 Å². The Morgan fingerprint density at radius 3 is 2.40 bits per heavy atom. The van der Waals surface area contributed by atoms with E-state index in [0.717, 1.165) is 0 Å². The van der Waals surface area contributed by atoms with Crippen LogP contribution < -0.4 is 5.32 Å². The van der Waals surface area contributed by atoms with E-state index in [1.54, 1.807) is 38.1 Å². The summed E-state index contributed by atoms with van der Waals surface area (Å²) in [5, 5.41) is 3.14. The first-order chi connectivity index (χ1) is 14.1. The fourth-order valence-corrected chi connectivity index (χ4v) is 4.41. The van der Waals surface area contributed by atoms with Crippen molar-refractivity contribution in [1.82, 2.24) is 9.62 Å². The number of hydrogen-bond donors (Lipinski definition) is 1. The van der Waals surface area contributed by atoms with E-state index in [4.69, 9.17) is 16.3 Å². The molecule has 7 nitrogen and oxygen atoms in total. The predicted octanol–water partition coefficient (Wildman–Crippen LogP) is 3.40. The SMILES string of the molecule is COC(=O)CC(NC(=O)c1cccc(S(=O)(=O)N(C)C(C)C)c1)c1ccccc1Cl. The Balaban J connectivity index is 2.34. The topological polar surface area (TPSA) is 92.8 Å². The first-order valence-corrected chi connectivity index (χ1v) is 11.1. The molecule has 162 valence electrons. The van der Waals surface area contributed by atoms with E-state index in [1.165, 1.54) is 42.7 Å². The molecule has 0 heterocycles. The van der Waals surface area contributed by atoms with Crippen molar-refractivity contribution in [2.45, 2.75) is 37.2 Å². The summed E-state index contributed by atoms with van der Waals surface area (Å²) >= 11 is 6.24. The molecule has 2 aromatic rings. The molecule has 1 amide bonds. The lowest BCUT2D eigenvalue weighted by Gasteiger charge is -2.22. The summed E-state index contributed by atoms with van der Waals surface area (Å²) in [5.41, 5.74) is 0.705. The fourth-order valence-electron chi connectivity index (χ4n) is 2.73. The van der Waals surface area contributed by atoms with Gasteiger partial charge in [0.15, 0.2) is 0 Å².